The lowest BCUT2D eigenvalue weighted by Crippen LogP contribution is -2.37. The number of anilines is 1. The largest absolute Gasteiger partial charge is 0.447 e. The lowest BCUT2D eigenvalue weighted by molar-refractivity contribution is -0.120. The molecular weight excluding hydrogens is 422 g/mol. The lowest BCUT2D eigenvalue weighted by atomic mass is 10.1. The van der Waals surface area contributed by atoms with Gasteiger partial charge < -0.3 is 4.74 Å². The van der Waals surface area contributed by atoms with E-state index in [1.165, 1.54) is 11.8 Å². The molecule has 4 rings (SSSR count). The van der Waals surface area contributed by atoms with E-state index in [0.717, 1.165) is 29.7 Å². The molecule has 7 nitrogen and oxygen atoms in total. The van der Waals surface area contributed by atoms with Gasteiger partial charge in [-0.2, -0.15) is 10.2 Å². The topological polar surface area (TPSA) is 92.0 Å². The number of amides is 1. The molecular formula is C24H23N5O2S. The van der Waals surface area contributed by atoms with Crippen LogP contribution in [0, 0.1) is 11.3 Å². The average molecular weight is 446 g/mol. The van der Waals surface area contributed by atoms with E-state index in [4.69, 9.17) is 10.00 Å². The van der Waals surface area contributed by atoms with Gasteiger partial charge in [0.05, 0.1) is 17.3 Å². The molecule has 0 radical (unpaired) electrons. The van der Waals surface area contributed by atoms with Gasteiger partial charge in [-0.1, -0.05) is 62.4 Å². The van der Waals surface area contributed by atoms with Gasteiger partial charge in [-0.25, -0.2) is 0 Å². The molecule has 0 saturated heterocycles. The highest BCUT2D eigenvalue weighted by Gasteiger charge is 2.35. The van der Waals surface area contributed by atoms with Crippen LogP contribution in [0.5, 0.6) is 5.88 Å². The Morgan fingerprint density at radius 3 is 2.66 bits per heavy atom. The first-order chi connectivity index (χ1) is 15.7. The summed E-state index contributed by atoms with van der Waals surface area (Å²) in [7, 11) is 0. The number of aromatic nitrogens is 3. The molecule has 1 aromatic heterocycles. The van der Waals surface area contributed by atoms with E-state index in [-0.39, 0.29) is 5.91 Å². The fourth-order valence-corrected chi connectivity index (χ4v) is 4.32. The Labute approximate surface area is 191 Å². The molecule has 1 aliphatic rings. The number of thioether (sulfide) groups is 1. The standard InChI is InChI=1S/C24H23N5O2S/c1-3-5-14-32-24-26-22-21(27-28-24)18-8-6-7-9-19(18)29(20(30)4-2)23(31-22)17-12-10-16(15-25)11-13-17/h6-13,23H,3-5,14H2,1-2H3/t23-/m1/s1. The first kappa shape index (κ1) is 21.8. The van der Waals surface area contributed by atoms with Gasteiger partial charge in [-0.05, 0) is 24.6 Å². The van der Waals surface area contributed by atoms with Crippen LogP contribution in [-0.4, -0.2) is 26.8 Å². The third-order valence-electron chi connectivity index (χ3n) is 5.14. The number of para-hydroxylation sites is 1. The van der Waals surface area contributed by atoms with Crippen LogP contribution in [0.2, 0.25) is 0 Å². The predicted octanol–water partition coefficient (Wildman–Crippen LogP) is 5.14. The number of benzene rings is 2. The Kier molecular flexibility index (Phi) is 6.66. The molecule has 2 aromatic carbocycles. The maximum atomic E-state index is 13.1. The highest BCUT2D eigenvalue weighted by Crippen LogP contribution is 2.43. The van der Waals surface area contributed by atoms with Crippen molar-refractivity contribution in [2.24, 2.45) is 0 Å². The molecule has 0 spiro atoms. The highest BCUT2D eigenvalue weighted by atomic mass is 32.2. The molecule has 1 atom stereocenters. The number of unbranched alkanes of at least 4 members (excludes halogenated alkanes) is 1. The number of hydrogen-bond donors (Lipinski definition) is 0. The summed E-state index contributed by atoms with van der Waals surface area (Å²) in [5, 5.41) is 18.4. The number of ether oxygens (including phenoxy) is 1. The summed E-state index contributed by atoms with van der Waals surface area (Å²) in [5.41, 5.74) is 3.22. The highest BCUT2D eigenvalue weighted by molar-refractivity contribution is 7.99. The lowest BCUT2D eigenvalue weighted by Gasteiger charge is -2.30. The monoisotopic (exact) mass is 445 g/mol. The summed E-state index contributed by atoms with van der Waals surface area (Å²) in [6.45, 7) is 3.96. The molecule has 0 saturated carbocycles. The first-order valence-electron chi connectivity index (χ1n) is 10.6. The van der Waals surface area contributed by atoms with Gasteiger partial charge in [-0.3, -0.25) is 9.69 Å². The van der Waals surface area contributed by atoms with Crippen LogP contribution in [-0.2, 0) is 4.79 Å². The minimum Gasteiger partial charge on any atom is -0.447 e. The van der Waals surface area contributed by atoms with E-state index in [0.29, 0.717) is 34.4 Å². The Morgan fingerprint density at radius 1 is 1.16 bits per heavy atom. The quantitative estimate of drug-likeness (QED) is 0.383. The Bertz CT molecular complexity index is 1160. The molecule has 8 heteroatoms. The number of nitrogens with zero attached hydrogens (tertiary/aromatic N) is 5. The number of nitriles is 1. The first-order valence-corrected chi connectivity index (χ1v) is 11.6. The molecule has 0 bridgehead atoms. The zero-order valence-corrected chi connectivity index (χ0v) is 18.8. The second kappa shape index (κ2) is 9.79. The van der Waals surface area contributed by atoms with E-state index in [1.807, 2.05) is 31.2 Å². The van der Waals surface area contributed by atoms with Crippen molar-refractivity contribution in [1.82, 2.24) is 15.2 Å². The number of fused-ring (bicyclic) bond motifs is 3. The van der Waals surface area contributed by atoms with Crippen LogP contribution >= 0.6 is 11.8 Å². The van der Waals surface area contributed by atoms with Crippen molar-refractivity contribution in [3.63, 3.8) is 0 Å². The molecule has 0 unspecified atom stereocenters. The van der Waals surface area contributed by atoms with Crippen molar-refractivity contribution in [2.75, 3.05) is 10.7 Å². The zero-order valence-electron chi connectivity index (χ0n) is 18.0. The molecule has 0 aliphatic carbocycles. The van der Waals surface area contributed by atoms with Crippen molar-refractivity contribution in [1.29, 1.82) is 5.26 Å². The summed E-state index contributed by atoms with van der Waals surface area (Å²) in [4.78, 5) is 19.4. The number of carbonyl (C=O) groups excluding carboxylic acids is 1. The second-order valence-electron chi connectivity index (χ2n) is 7.29. The van der Waals surface area contributed by atoms with Crippen LogP contribution in [0.3, 0.4) is 0 Å². The van der Waals surface area contributed by atoms with Gasteiger partial charge in [0.2, 0.25) is 23.2 Å². The van der Waals surface area contributed by atoms with E-state index in [1.54, 1.807) is 29.2 Å². The Balaban J connectivity index is 1.85. The predicted molar refractivity (Wildman–Crippen MR) is 123 cm³/mol. The van der Waals surface area contributed by atoms with E-state index in [2.05, 4.69) is 28.2 Å². The maximum absolute atomic E-state index is 13.1. The Morgan fingerprint density at radius 2 is 1.94 bits per heavy atom. The summed E-state index contributed by atoms with van der Waals surface area (Å²) < 4.78 is 6.38. The minimum absolute atomic E-state index is 0.0925. The third kappa shape index (κ3) is 4.30. The van der Waals surface area contributed by atoms with Crippen LogP contribution in [0.1, 0.15) is 50.5 Å². The number of rotatable bonds is 6. The van der Waals surface area contributed by atoms with Crippen molar-refractivity contribution in [3.8, 4) is 23.2 Å². The molecule has 1 amide bonds. The van der Waals surface area contributed by atoms with E-state index < -0.39 is 6.23 Å². The summed E-state index contributed by atoms with van der Waals surface area (Å²) >= 11 is 1.54. The number of hydrogen-bond acceptors (Lipinski definition) is 7. The second-order valence-corrected chi connectivity index (χ2v) is 8.35. The van der Waals surface area contributed by atoms with Crippen LogP contribution in [0.4, 0.5) is 5.69 Å². The number of carbonyl (C=O) groups is 1. The van der Waals surface area contributed by atoms with Crippen molar-refractivity contribution < 1.29 is 9.53 Å². The Hall–Kier alpha value is -3.44. The third-order valence-corrected chi connectivity index (χ3v) is 6.06. The van der Waals surface area contributed by atoms with Crippen LogP contribution in [0.15, 0.2) is 53.7 Å². The van der Waals surface area contributed by atoms with Gasteiger partial charge in [0.25, 0.3) is 0 Å². The zero-order chi connectivity index (χ0) is 22.5. The molecule has 3 aromatic rings. The van der Waals surface area contributed by atoms with E-state index >= 15 is 0 Å². The molecule has 0 N–H and O–H groups in total. The van der Waals surface area contributed by atoms with Crippen LogP contribution in [0.25, 0.3) is 11.3 Å². The average Bonchev–Trinajstić information content (AvgIpc) is 2.98. The molecule has 0 fully saturated rings. The molecule has 2 heterocycles. The SMILES string of the molecule is CCCCSc1nnc2c(n1)O[C@H](c1ccc(C#N)cc1)N(C(=O)CC)c1ccccc1-2. The van der Waals surface area contributed by atoms with Crippen LogP contribution < -0.4 is 9.64 Å². The minimum atomic E-state index is -0.747. The summed E-state index contributed by atoms with van der Waals surface area (Å²) in [6.07, 6.45) is 1.70. The molecule has 1 aliphatic heterocycles. The fraction of sp³-hybridized carbons (Fsp3) is 0.292. The van der Waals surface area contributed by atoms with E-state index in [9.17, 15) is 4.79 Å². The fourth-order valence-electron chi connectivity index (χ4n) is 3.46. The van der Waals surface area contributed by atoms with Crippen molar-refractivity contribution >= 4 is 23.4 Å². The summed E-state index contributed by atoms with van der Waals surface area (Å²) in [5.74, 6) is 1.14. The maximum Gasteiger partial charge on any atom is 0.247 e. The smallest absolute Gasteiger partial charge is 0.247 e. The summed E-state index contributed by atoms with van der Waals surface area (Å²) in [6, 6.07) is 16.7. The van der Waals surface area contributed by atoms with Gasteiger partial charge in [0.15, 0.2) is 5.69 Å². The van der Waals surface area contributed by atoms with Gasteiger partial charge in [0, 0.05) is 23.3 Å². The van der Waals surface area contributed by atoms with Gasteiger partial charge in [-0.15, -0.1) is 10.2 Å². The van der Waals surface area contributed by atoms with Crippen molar-refractivity contribution in [3.05, 3.63) is 59.7 Å². The molecule has 32 heavy (non-hydrogen) atoms. The normalized spacial score (nSPS) is 14.5. The van der Waals surface area contributed by atoms with Gasteiger partial charge in [0.1, 0.15) is 0 Å². The molecule has 162 valence electrons. The van der Waals surface area contributed by atoms with Gasteiger partial charge >= 0.3 is 0 Å². The van der Waals surface area contributed by atoms with Crippen molar-refractivity contribution in [2.45, 2.75) is 44.5 Å².